The number of rotatable bonds is 13. The third-order valence-electron chi connectivity index (χ3n) is 11.0. The second-order valence-corrected chi connectivity index (χ2v) is 15.8. The van der Waals surface area contributed by atoms with Gasteiger partial charge in [-0.05, 0) is 105 Å². The quantitative estimate of drug-likeness (QED) is 0.126. The Morgan fingerprint density at radius 3 is 2.41 bits per heavy atom. The number of piperazine rings is 1. The number of nitriles is 1. The molecule has 4 amide bonds. The fraction of sp³-hybridized carbons (Fsp3) is 0.429. The summed E-state index contributed by atoms with van der Waals surface area (Å²) < 4.78 is 47.8. The summed E-state index contributed by atoms with van der Waals surface area (Å²) in [6.07, 6.45) is -3.34. The van der Waals surface area contributed by atoms with E-state index in [4.69, 9.17) is 17.0 Å². The van der Waals surface area contributed by atoms with Gasteiger partial charge in [0, 0.05) is 60.5 Å². The van der Waals surface area contributed by atoms with Crippen molar-refractivity contribution in [3.8, 4) is 11.8 Å². The van der Waals surface area contributed by atoms with Crippen molar-refractivity contribution in [1.29, 1.82) is 5.26 Å². The van der Waals surface area contributed by atoms with Crippen LogP contribution in [0.4, 0.5) is 35.9 Å². The van der Waals surface area contributed by atoms with E-state index in [2.05, 4.69) is 39.6 Å². The molecule has 0 radical (unpaired) electrons. The normalized spacial score (nSPS) is 19.3. The number of ether oxygens (including phenoxy) is 1. The molecule has 0 aliphatic carbocycles. The van der Waals surface area contributed by atoms with E-state index in [1.807, 2.05) is 12.1 Å². The minimum absolute atomic E-state index is 0. The maximum atomic E-state index is 13.8. The average molecular weight is 839 g/mol. The number of halogens is 3. The number of nitrogens with zero attached hydrogens (tertiary/aromatic N) is 5. The van der Waals surface area contributed by atoms with Crippen LogP contribution in [0.5, 0.6) is 5.75 Å². The third-order valence-corrected chi connectivity index (χ3v) is 11.3. The van der Waals surface area contributed by atoms with Crippen molar-refractivity contribution in [2.45, 2.75) is 70.6 Å². The maximum Gasteiger partial charge on any atom is 0.417 e. The first-order valence-electron chi connectivity index (χ1n) is 19.5. The number of hydrogen-bond donors (Lipinski definition) is 3. The SMILES string of the molecule is CCC(C)c1cc(N2C(=S)N(c3ccc(C#N)c(C(F)(F)F)c3)C(=O)C2(C)C)ccc1OCCN1CCN(CC(=O)Nc2cccc(NC3CCC(=O)NC3=O)c2)CC1.[HH].[HH].[HH]. The van der Waals surface area contributed by atoms with Crippen molar-refractivity contribution < 1.29 is 41.4 Å². The number of alkyl halides is 3. The van der Waals surface area contributed by atoms with Gasteiger partial charge in [-0.25, -0.2) is 0 Å². The number of thiocarbonyl (C=S) groups is 1. The van der Waals surface area contributed by atoms with Crippen LogP contribution in [0.25, 0.3) is 0 Å². The molecule has 3 aromatic carbocycles. The van der Waals surface area contributed by atoms with Crippen LogP contribution in [0, 0.1) is 11.3 Å². The molecule has 3 N–H and O–H groups in total. The zero-order valence-corrected chi connectivity index (χ0v) is 34.1. The lowest BCUT2D eigenvalue weighted by Gasteiger charge is -2.34. The number of imide groups is 1. The van der Waals surface area contributed by atoms with Crippen molar-refractivity contribution >= 4 is 63.7 Å². The Labute approximate surface area is 350 Å². The van der Waals surface area contributed by atoms with Gasteiger partial charge in [0.2, 0.25) is 17.7 Å². The summed E-state index contributed by atoms with van der Waals surface area (Å²) in [5.41, 5.74) is -0.230. The van der Waals surface area contributed by atoms with Gasteiger partial charge in [0.15, 0.2) is 5.11 Å². The zero-order valence-electron chi connectivity index (χ0n) is 33.3. The second-order valence-electron chi connectivity index (χ2n) is 15.4. The molecule has 0 spiro atoms. The van der Waals surface area contributed by atoms with Crippen molar-refractivity contribution in [3.63, 3.8) is 0 Å². The van der Waals surface area contributed by atoms with Gasteiger partial charge in [0.05, 0.1) is 29.4 Å². The highest BCUT2D eigenvalue weighted by molar-refractivity contribution is 7.81. The molecule has 3 fully saturated rings. The number of hydrogen-bond acceptors (Lipinski definition) is 10. The van der Waals surface area contributed by atoms with E-state index in [1.165, 1.54) is 6.07 Å². The zero-order chi connectivity index (χ0) is 42.6. The Bertz CT molecular complexity index is 2190. The summed E-state index contributed by atoms with van der Waals surface area (Å²) in [5.74, 6) is -0.550. The number of carbonyl (C=O) groups excluding carboxylic acids is 4. The van der Waals surface area contributed by atoms with Crippen LogP contribution in [-0.4, -0.2) is 96.0 Å². The molecule has 3 heterocycles. The maximum absolute atomic E-state index is 13.8. The molecule has 59 heavy (non-hydrogen) atoms. The van der Waals surface area contributed by atoms with Gasteiger partial charge < -0.3 is 20.3 Å². The Morgan fingerprint density at radius 1 is 1.03 bits per heavy atom. The van der Waals surface area contributed by atoms with E-state index < -0.39 is 34.8 Å². The van der Waals surface area contributed by atoms with Crippen LogP contribution >= 0.6 is 12.2 Å². The highest BCUT2D eigenvalue weighted by Gasteiger charge is 2.51. The Morgan fingerprint density at radius 2 is 1.73 bits per heavy atom. The van der Waals surface area contributed by atoms with Crippen molar-refractivity contribution in [2.24, 2.45) is 0 Å². The number of piperidine rings is 1. The molecule has 3 aliphatic rings. The van der Waals surface area contributed by atoms with Gasteiger partial charge in [-0.3, -0.25) is 39.2 Å². The number of benzene rings is 3. The van der Waals surface area contributed by atoms with Gasteiger partial charge in [-0.15, -0.1) is 0 Å². The average Bonchev–Trinajstić information content (AvgIpc) is 3.37. The first kappa shape index (κ1) is 43.0. The monoisotopic (exact) mass is 838 g/mol. The lowest BCUT2D eigenvalue weighted by atomic mass is 9.95. The molecule has 3 saturated heterocycles. The van der Waals surface area contributed by atoms with Crippen molar-refractivity contribution in [3.05, 3.63) is 77.4 Å². The summed E-state index contributed by atoms with van der Waals surface area (Å²) >= 11 is 5.76. The summed E-state index contributed by atoms with van der Waals surface area (Å²) in [5, 5.41) is 17.7. The summed E-state index contributed by atoms with van der Waals surface area (Å²) in [6, 6.07) is 16.8. The molecular formula is C42H53F3N8O5S. The summed E-state index contributed by atoms with van der Waals surface area (Å²) in [4.78, 5) is 57.4. The van der Waals surface area contributed by atoms with Crippen LogP contribution in [0.3, 0.4) is 0 Å². The molecule has 0 saturated carbocycles. The fourth-order valence-electron chi connectivity index (χ4n) is 7.45. The van der Waals surface area contributed by atoms with Crippen LogP contribution in [-0.2, 0) is 25.4 Å². The lowest BCUT2D eigenvalue weighted by molar-refractivity contribution is -0.138. The summed E-state index contributed by atoms with van der Waals surface area (Å²) in [7, 11) is 0. The molecule has 3 aliphatic heterocycles. The predicted octanol–water partition coefficient (Wildman–Crippen LogP) is 6.60. The molecule has 0 bridgehead atoms. The molecular weight excluding hydrogens is 786 g/mol. The predicted molar refractivity (Wildman–Crippen MR) is 228 cm³/mol. The molecule has 3 aromatic rings. The number of nitrogens with one attached hydrogen (secondary N) is 3. The van der Waals surface area contributed by atoms with Gasteiger partial charge in [-0.2, -0.15) is 18.4 Å². The molecule has 2 atom stereocenters. The van der Waals surface area contributed by atoms with Gasteiger partial charge in [0.25, 0.3) is 5.91 Å². The van der Waals surface area contributed by atoms with Crippen LogP contribution < -0.4 is 30.5 Å². The standard InChI is InChI=1S/C42H47F3N8O5S.3H2/c1-5-26(2)32-22-31(53-40(59)52(39(57)41(53,3)4)30-10-9-27(24-46)33(23-30)42(43,44)45)11-13-35(32)58-20-19-50-15-17-51(18-16-50)25-37(55)48-29-8-6-7-28(21-29)47-34-12-14-36(54)49-38(34)56;;;/h6-11,13,21-23,26,34,47H,5,12,14-20,25H2,1-4H3,(H,48,55)(H,49,54,56);3*1H. The second kappa shape index (κ2) is 17.7. The Hall–Kier alpha value is -5.57. The van der Waals surface area contributed by atoms with E-state index >= 15 is 0 Å². The lowest BCUT2D eigenvalue weighted by Crippen LogP contribution is -2.49. The van der Waals surface area contributed by atoms with Crippen LogP contribution in [0.2, 0.25) is 0 Å². The van der Waals surface area contributed by atoms with E-state index in [1.54, 1.807) is 55.1 Å². The van der Waals surface area contributed by atoms with Gasteiger partial charge in [0.1, 0.15) is 23.9 Å². The van der Waals surface area contributed by atoms with Crippen molar-refractivity contribution in [1.82, 2.24) is 15.1 Å². The molecule has 17 heteroatoms. The first-order chi connectivity index (χ1) is 28.0. The highest BCUT2D eigenvalue weighted by atomic mass is 32.1. The molecule has 318 valence electrons. The number of carbonyl (C=O) groups is 4. The molecule has 0 aromatic heterocycles. The van der Waals surface area contributed by atoms with Gasteiger partial charge >= 0.3 is 6.18 Å². The van der Waals surface area contributed by atoms with E-state index in [-0.39, 0.29) is 51.7 Å². The molecule has 6 rings (SSSR count). The summed E-state index contributed by atoms with van der Waals surface area (Å²) in [6.45, 7) is 11.6. The number of amides is 4. The Balaban J connectivity index is 0.00000341. The highest BCUT2D eigenvalue weighted by Crippen LogP contribution is 2.41. The van der Waals surface area contributed by atoms with E-state index in [9.17, 15) is 37.6 Å². The first-order valence-corrected chi connectivity index (χ1v) is 19.9. The Kier molecular flexibility index (Phi) is 12.9. The van der Waals surface area contributed by atoms with Crippen LogP contribution in [0.1, 0.15) is 73.8 Å². The largest absolute Gasteiger partial charge is 0.492 e. The van der Waals surface area contributed by atoms with Gasteiger partial charge in [-0.1, -0.05) is 19.9 Å². The fourth-order valence-corrected chi connectivity index (χ4v) is 7.97. The third kappa shape index (κ3) is 9.67. The smallest absolute Gasteiger partial charge is 0.417 e. The van der Waals surface area contributed by atoms with Crippen LogP contribution in [0.15, 0.2) is 60.7 Å². The van der Waals surface area contributed by atoms with E-state index in [0.717, 1.165) is 42.1 Å². The topological polar surface area (TPSA) is 150 Å². The van der Waals surface area contributed by atoms with E-state index in [0.29, 0.717) is 55.5 Å². The minimum atomic E-state index is -4.80. The number of anilines is 4. The van der Waals surface area contributed by atoms with Crippen molar-refractivity contribution in [2.75, 3.05) is 66.3 Å². The molecule has 13 nitrogen and oxygen atoms in total. The molecule has 2 unspecified atom stereocenters. The minimum Gasteiger partial charge on any atom is -0.492 e.